The summed E-state index contributed by atoms with van der Waals surface area (Å²) in [7, 11) is 5.20. The zero-order chi connectivity index (χ0) is 34.0. The summed E-state index contributed by atoms with van der Waals surface area (Å²) >= 11 is 14.2. The van der Waals surface area contributed by atoms with Gasteiger partial charge in [0.15, 0.2) is 11.5 Å². The van der Waals surface area contributed by atoms with Crippen molar-refractivity contribution in [2.24, 2.45) is 5.92 Å². The van der Waals surface area contributed by atoms with E-state index in [0.29, 0.717) is 56.6 Å². The first-order valence-electron chi connectivity index (χ1n) is 15.7. The van der Waals surface area contributed by atoms with E-state index in [1.807, 2.05) is 42.5 Å². The first kappa shape index (κ1) is 35.6. The number of piperidine rings is 1. The largest absolute Gasteiger partial charge is 0.493 e. The topological polar surface area (TPSA) is 99.2 Å². The average Bonchev–Trinajstić information content (AvgIpc) is 3.58. The Hall–Kier alpha value is -3.67. The summed E-state index contributed by atoms with van der Waals surface area (Å²) in [6.07, 6.45) is 4.48. The normalized spacial score (nSPS) is 15.0. The van der Waals surface area contributed by atoms with Crippen LogP contribution in [0.25, 0.3) is 0 Å². The average molecular weight is 713 g/mol. The number of carbonyl (C=O) groups is 2. The van der Waals surface area contributed by atoms with E-state index in [1.165, 1.54) is 30.8 Å². The number of pyridine rings is 1. The Morgan fingerprint density at radius 3 is 2.35 bits per heavy atom. The van der Waals surface area contributed by atoms with Crippen LogP contribution in [0.1, 0.15) is 56.2 Å². The zero-order valence-electron chi connectivity index (χ0n) is 27.1. The van der Waals surface area contributed by atoms with E-state index in [-0.39, 0.29) is 12.4 Å². The van der Waals surface area contributed by atoms with Crippen LogP contribution in [0.5, 0.6) is 11.5 Å². The second-order valence-electron chi connectivity index (χ2n) is 11.7. The van der Waals surface area contributed by atoms with Crippen LogP contribution in [-0.4, -0.2) is 62.8 Å². The maximum absolute atomic E-state index is 13.6. The molecule has 1 fully saturated rings. The number of likely N-dealkylation sites (tertiary alicyclic amines) is 1. The van der Waals surface area contributed by atoms with Gasteiger partial charge in [-0.1, -0.05) is 59.6 Å². The third-order valence-electron chi connectivity index (χ3n) is 8.38. The number of ether oxygens (including phenoxy) is 4. The molecule has 0 amide bonds. The molecule has 0 spiro atoms. The predicted octanol–water partition coefficient (Wildman–Crippen LogP) is 7.32. The minimum atomic E-state index is -0.750. The molecule has 3 heterocycles. The highest BCUT2D eigenvalue weighted by molar-refractivity contribution is 7.13. The molecule has 1 aliphatic rings. The number of rotatable bonds is 14. The van der Waals surface area contributed by atoms with Crippen molar-refractivity contribution < 1.29 is 28.5 Å². The lowest BCUT2D eigenvalue weighted by Gasteiger charge is -2.29. The van der Waals surface area contributed by atoms with Crippen LogP contribution in [-0.2, 0) is 27.2 Å². The Morgan fingerprint density at radius 2 is 1.67 bits per heavy atom. The Labute approximate surface area is 295 Å². The number of methoxy groups -OCH3 is 2. The number of aromatic nitrogens is 1. The minimum absolute atomic E-state index is 0.208. The van der Waals surface area contributed by atoms with Gasteiger partial charge in [0, 0.05) is 30.2 Å². The molecule has 2 atom stereocenters. The Morgan fingerprint density at radius 1 is 0.958 bits per heavy atom. The molecule has 0 aliphatic carbocycles. The number of carbonyl (C=O) groups excluding carboxylic acids is 2. The Balaban J connectivity index is 1.28. The van der Waals surface area contributed by atoms with Gasteiger partial charge in [0.05, 0.1) is 30.9 Å². The SMILES string of the molecule is COc1ccc([C@H](Cc2c(Cl)cncc2Cl)OC(=O)c2ccc(CN[C@H](C(=O)OCC3CCN(C)CC3)c3ccccc3)s2)cc1OC. The molecule has 0 bridgehead atoms. The fourth-order valence-corrected chi connectivity index (χ4v) is 6.93. The van der Waals surface area contributed by atoms with E-state index in [1.54, 1.807) is 25.3 Å². The van der Waals surface area contributed by atoms with Gasteiger partial charge in [-0.05, 0) is 79.9 Å². The van der Waals surface area contributed by atoms with Crippen LogP contribution in [0.2, 0.25) is 10.0 Å². The fourth-order valence-electron chi connectivity index (χ4n) is 5.57. The van der Waals surface area contributed by atoms with Crippen molar-refractivity contribution in [3.05, 3.63) is 110 Å². The predicted molar refractivity (Wildman–Crippen MR) is 187 cm³/mol. The van der Waals surface area contributed by atoms with Crippen molar-refractivity contribution in [1.82, 2.24) is 15.2 Å². The first-order valence-corrected chi connectivity index (χ1v) is 17.3. The maximum Gasteiger partial charge on any atom is 0.348 e. The van der Waals surface area contributed by atoms with Gasteiger partial charge < -0.3 is 23.8 Å². The number of nitrogens with one attached hydrogen (secondary N) is 1. The number of thiophene rings is 1. The first-order chi connectivity index (χ1) is 23.2. The third-order valence-corrected chi connectivity index (χ3v) is 10.1. The molecule has 2 aromatic carbocycles. The number of halogens is 2. The Bertz CT molecular complexity index is 1660. The number of nitrogens with zero attached hydrogens (tertiary/aromatic N) is 2. The fraction of sp³-hybridized carbons (Fsp3) is 0.361. The molecule has 1 saturated heterocycles. The Kier molecular flexibility index (Phi) is 12.7. The zero-order valence-corrected chi connectivity index (χ0v) is 29.4. The molecule has 2 aromatic heterocycles. The molecule has 0 unspecified atom stereocenters. The molecule has 9 nitrogen and oxygen atoms in total. The van der Waals surface area contributed by atoms with Gasteiger partial charge in [-0.15, -0.1) is 11.3 Å². The summed E-state index contributed by atoms with van der Waals surface area (Å²) < 4.78 is 22.8. The second-order valence-corrected chi connectivity index (χ2v) is 13.6. The quantitative estimate of drug-likeness (QED) is 0.135. The molecule has 0 radical (unpaired) electrons. The molecular formula is C36H39Cl2N3O6S. The second kappa shape index (κ2) is 17.1. The van der Waals surface area contributed by atoms with Crippen LogP contribution >= 0.6 is 34.5 Å². The number of esters is 2. The summed E-state index contributed by atoms with van der Waals surface area (Å²) in [5.74, 6) is 0.569. The molecular weight excluding hydrogens is 673 g/mol. The number of hydrogen-bond acceptors (Lipinski definition) is 10. The van der Waals surface area contributed by atoms with E-state index in [9.17, 15) is 9.59 Å². The van der Waals surface area contributed by atoms with Gasteiger partial charge in [-0.3, -0.25) is 10.3 Å². The summed E-state index contributed by atoms with van der Waals surface area (Å²) in [6, 6.07) is 17.8. The molecule has 1 aliphatic heterocycles. The number of benzene rings is 2. The van der Waals surface area contributed by atoms with Crippen molar-refractivity contribution in [3.63, 3.8) is 0 Å². The maximum atomic E-state index is 13.6. The summed E-state index contributed by atoms with van der Waals surface area (Å²) in [5, 5.41) is 4.08. The van der Waals surface area contributed by atoms with Gasteiger partial charge in [0.2, 0.25) is 0 Å². The van der Waals surface area contributed by atoms with E-state index in [2.05, 4.69) is 22.2 Å². The van der Waals surface area contributed by atoms with Gasteiger partial charge in [0.1, 0.15) is 17.0 Å². The lowest BCUT2D eigenvalue weighted by molar-refractivity contribution is -0.148. The van der Waals surface area contributed by atoms with E-state index in [0.717, 1.165) is 36.4 Å². The van der Waals surface area contributed by atoms with Crippen LogP contribution in [0.15, 0.2) is 73.1 Å². The molecule has 5 rings (SSSR count). The van der Waals surface area contributed by atoms with Gasteiger partial charge in [-0.2, -0.15) is 0 Å². The molecule has 4 aromatic rings. The van der Waals surface area contributed by atoms with Gasteiger partial charge in [0.25, 0.3) is 0 Å². The van der Waals surface area contributed by atoms with E-state index >= 15 is 0 Å². The van der Waals surface area contributed by atoms with Crippen molar-refractivity contribution in [1.29, 1.82) is 0 Å². The standard InChI is InChI=1S/C36H39Cl2N3O6S/c1-41-15-13-23(14-16-41)22-46-36(43)34(24-7-5-4-6-8-24)40-19-26-10-12-33(48-26)35(42)47-31(18-27-28(37)20-39-21-29(27)38)25-9-11-30(44-2)32(17-25)45-3/h4-12,17,20-21,23,31,34,40H,13-16,18-19,22H2,1-3H3/t31-,34-/m0/s1. The summed E-state index contributed by atoms with van der Waals surface area (Å²) in [4.78, 5) is 34.5. The lowest BCUT2D eigenvalue weighted by atomic mass is 9.98. The third kappa shape index (κ3) is 9.27. The molecule has 0 saturated carbocycles. The van der Waals surface area contributed by atoms with Crippen LogP contribution in [0.3, 0.4) is 0 Å². The van der Waals surface area contributed by atoms with Crippen molar-refractivity contribution >= 4 is 46.5 Å². The van der Waals surface area contributed by atoms with Gasteiger partial charge in [-0.25, -0.2) is 9.59 Å². The summed E-state index contributed by atoms with van der Waals surface area (Å²) in [6.45, 7) is 2.77. The van der Waals surface area contributed by atoms with Crippen LogP contribution in [0.4, 0.5) is 0 Å². The highest BCUT2D eigenvalue weighted by atomic mass is 35.5. The highest BCUT2D eigenvalue weighted by Gasteiger charge is 2.26. The van der Waals surface area contributed by atoms with Crippen molar-refractivity contribution in [2.45, 2.75) is 38.0 Å². The van der Waals surface area contributed by atoms with Crippen LogP contribution < -0.4 is 14.8 Å². The molecule has 12 heteroatoms. The van der Waals surface area contributed by atoms with Crippen molar-refractivity contribution in [2.75, 3.05) is 41.0 Å². The lowest BCUT2D eigenvalue weighted by Crippen LogP contribution is -2.34. The molecule has 48 heavy (non-hydrogen) atoms. The smallest absolute Gasteiger partial charge is 0.348 e. The van der Waals surface area contributed by atoms with Crippen LogP contribution in [0, 0.1) is 5.92 Å². The molecule has 254 valence electrons. The minimum Gasteiger partial charge on any atom is -0.493 e. The van der Waals surface area contributed by atoms with Gasteiger partial charge >= 0.3 is 11.9 Å². The van der Waals surface area contributed by atoms with Crippen molar-refractivity contribution in [3.8, 4) is 11.5 Å². The summed E-state index contributed by atoms with van der Waals surface area (Å²) in [5.41, 5.74) is 2.09. The molecule has 1 N–H and O–H groups in total. The number of hydrogen-bond donors (Lipinski definition) is 1. The van der Waals surface area contributed by atoms with E-state index < -0.39 is 18.1 Å². The monoisotopic (exact) mass is 711 g/mol. The van der Waals surface area contributed by atoms with E-state index in [4.69, 9.17) is 42.1 Å². The highest BCUT2D eigenvalue weighted by Crippen LogP contribution is 2.36.